The number of ether oxygens (including phenoxy) is 1. The summed E-state index contributed by atoms with van der Waals surface area (Å²) in [6, 6.07) is 5.62. The van der Waals surface area contributed by atoms with Crippen LogP contribution in [0, 0.1) is 0 Å². The van der Waals surface area contributed by atoms with E-state index in [1.54, 1.807) is 25.1 Å². The van der Waals surface area contributed by atoms with Gasteiger partial charge in [0.1, 0.15) is 0 Å². The molecule has 0 atom stereocenters. The Labute approximate surface area is 125 Å². The number of esters is 1. The number of hydrogen-bond acceptors (Lipinski definition) is 5. The van der Waals surface area contributed by atoms with Crippen LogP contribution in [0.3, 0.4) is 0 Å². The zero-order valence-electron chi connectivity index (χ0n) is 12.5. The summed E-state index contributed by atoms with van der Waals surface area (Å²) in [7, 11) is 0. The van der Waals surface area contributed by atoms with Crippen LogP contribution < -0.4 is 11.1 Å². The molecular weight excluding hydrogens is 268 g/mol. The van der Waals surface area contributed by atoms with E-state index in [0.29, 0.717) is 30.4 Å². The summed E-state index contributed by atoms with van der Waals surface area (Å²) in [6.07, 6.45) is 3.48. The predicted molar refractivity (Wildman–Crippen MR) is 81.9 cm³/mol. The van der Waals surface area contributed by atoms with Crippen LogP contribution in [-0.2, 0) is 11.3 Å². The fraction of sp³-hybridized carbons (Fsp3) is 0.562. The number of benzene rings is 1. The molecular formula is C16H24N2O3. The Morgan fingerprint density at radius 2 is 2.10 bits per heavy atom. The number of aliphatic hydroxyl groups is 1. The van der Waals surface area contributed by atoms with E-state index < -0.39 is 0 Å². The number of carbonyl (C=O) groups is 1. The van der Waals surface area contributed by atoms with E-state index in [9.17, 15) is 9.90 Å². The van der Waals surface area contributed by atoms with Crippen molar-refractivity contribution in [1.82, 2.24) is 5.32 Å². The molecule has 1 fully saturated rings. The molecule has 0 saturated heterocycles. The van der Waals surface area contributed by atoms with E-state index in [4.69, 9.17) is 10.5 Å². The monoisotopic (exact) mass is 292 g/mol. The normalized spacial score (nSPS) is 22.0. The molecule has 2 rings (SSSR count). The standard InChI is InChI=1S/C16H24N2O3/c1-2-21-16(20)11-3-8-15(17)12(9-11)10-18-13-4-6-14(19)7-5-13/h3,8-9,13-14,18-19H,2,4-7,10,17H2,1H3. The fourth-order valence-electron chi connectivity index (χ4n) is 2.63. The number of nitrogens with one attached hydrogen (secondary N) is 1. The van der Waals surface area contributed by atoms with Crippen LogP contribution in [0.5, 0.6) is 0 Å². The first kappa shape index (κ1) is 15.8. The zero-order chi connectivity index (χ0) is 15.2. The highest BCUT2D eigenvalue weighted by Crippen LogP contribution is 2.20. The lowest BCUT2D eigenvalue weighted by molar-refractivity contribution is 0.0526. The summed E-state index contributed by atoms with van der Waals surface area (Å²) in [5.74, 6) is -0.320. The highest BCUT2D eigenvalue weighted by atomic mass is 16.5. The maximum absolute atomic E-state index is 11.7. The Kier molecular flexibility index (Phi) is 5.59. The maximum atomic E-state index is 11.7. The van der Waals surface area contributed by atoms with Crippen molar-refractivity contribution in [1.29, 1.82) is 0 Å². The van der Waals surface area contributed by atoms with Crippen LogP contribution in [0.4, 0.5) is 5.69 Å². The van der Waals surface area contributed by atoms with Crippen LogP contribution in [0.1, 0.15) is 48.5 Å². The summed E-state index contributed by atoms with van der Waals surface area (Å²) < 4.78 is 5.00. The predicted octanol–water partition coefficient (Wildman–Crippen LogP) is 1.84. The minimum absolute atomic E-state index is 0.153. The lowest BCUT2D eigenvalue weighted by Crippen LogP contribution is -2.34. The van der Waals surface area contributed by atoms with Crippen molar-refractivity contribution in [3.05, 3.63) is 29.3 Å². The Balaban J connectivity index is 1.95. The molecule has 1 aliphatic carbocycles. The zero-order valence-corrected chi connectivity index (χ0v) is 12.5. The third-order valence-corrected chi connectivity index (χ3v) is 3.93. The number of carbonyl (C=O) groups excluding carboxylic acids is 1. The smallest absolute Gasteiger partial charge is 0.338 e. The average Bonchev–Trinajstić information content (AvgIpc) is 2.48. The summed E-state index contributed by atoms with van der Waals surface area (Å²) in [4.78, 5) is 11.7. The number of nitrogen functional groups attached to an aromatic ring is 1. The van der Waals surface area contributed by atoms with Crippen molar-refractivity contribution in [2.24, 2.45) is 0 Å². The van der Waals surface area contributed by atoms with Crippen LogP contribution in [-0.4, -0.2) is 29.8 Å². The van der Waals surface area contributed by atoms with E-state index in [2.05, 4.69) is 5.32 Å². The topological polar surface area (TPSA) is 84.6 Å². The van der Waals surface area contributed by atoms with Crippen molar-refractivity contribution in [3.63, 3.8) is 0 Å². The van der Waals surface area contributed by atoms with E-state index in [0.717, 1.165) is 31.2 Å². The third kappa shape index (κ3) is 4.44. The molecule has 0 bridgehead atoms. The second-order valence-electron chi connectivity index (χ2n) is 5.52. The van der Waals surface area contributed by atoms with E-state index in [1.165, 1.54) is 0 Å². The highest BCUT2D eigenvalue weighted by molar-refractivity contribution is 5.90. The molecule has 1 aromatic carbocycles. The number of nitrogens with two attached hydrogens (primary N) is 1. The molecule has 5 heteroatoms. The largest absolute Gasteiger partial charge is 0.462 e. The van der Waals surface area contributed by atoms with Gasteiger partial charge in [0.15, 0.2) is 0 Å². The first-order valence-electron chi connectivity index (χ1n) is 7.57. The summed E-state index contributed by atoms with van der Waals surface area (Å²) in [5, 5.41) is 13.0. The second-order valence-corrected chi connectivity index (χ2v) is 5.52. The molecule has 0 aromatic heterocycles. The molecule has 1 saturated carbocycles. The van der Waals surface area contributed by atoms with Crippen molar-refractivity contribution in [2.75, 3.05) is 12.3 Å². The minimum atomic E-state index is -0.320. The van der Waals surface area contributed by atoms with Gasteiger partial charge in [0.05, 0.1) is 18.3 Å². The molecule has 21 heavy (non-hydrogen) atoms. The van der Waals surface area contributed by atoms with E-state index in [-0.39, 0.29) is 12.1 Å². The Morgan fingerprint density at radius 1 is 1.38 bits per heavy atom. The molecule has 116 valence electrons. The van der Waals surface area contributed by atoms with Gasteiger partial charge >= 0.3 is 5.97 Å². The Morgan fingerprint density at radius 3 is 2.76 bits per heavy atom. The van der Waals surface area contributed by atoms with Crippen molar-refractivity contribution in [3.8, 4) is 0 Å². The van der Waals surface area contributed by atoms with Crippen LogP contribution in [0.15, 0.2) is 18.2 Å². The van der Waals surface area contributed by atoms with E-state index >= 15 is 0 Å². The van der Waals surface area contributed by atoms with Crippen molar-refractivity contribution in [2.45, 2.75) is 51.3 Å². The Bertz CT molecular complexity index is 482. The van der Waals surface area contributed by atoms with Crippen LogP contribution >= 0.6 is 0 Å². The molecule has 0 unspecified atom stereocenters. The SMILES string of the molecule is CCOC(=O)c1ccc(N)c(CNC2CCC(O)CC2)c1. The fourth-order valence-corrected chi connectivity index (χ4v) is 2.63. The average molecular weight is 292 g/mol. The molecule has 1 aromatic rings. The third-order valence-electron chi connectivity index (χ3n) is 3.93. The molecule has 0 aliphatic heterocycles. The molecule has 0 spiro atoms. The van der Waals surface area contributed by atoms with Gasteiger partial charge in [-0.05, 0) is 56.4 Å². The van der Waals surface area contributed by atoms with Gasteiger partial charge in [-0.2, -0.15) is 0 Å². The van der Waals surface area contributed by atoms with Gasteiger partial charge in [-0.3, -0.25) is 0 Å². The number of aliphatic hydroxyl groups excluding tert-OH is 1. The first-order valence-corrected chi connectivity index (χ1v) is 7.57. The van der Waals surface area contributed by atoms with Crippen LogP contribution in [0.25, 0.3) is 0 Å². The quantitative estimate of drug-likeness (QED) is 0.569. The molecule has 0 radical (unpaired) electrons. The molecule has 4 N–H and O–H groups in total. The van der Waals surface area contributed by atoms with Crippen molar-refractivity contribution < 1.29 is 14.6 Å². The van der Waals surface area contributed by atoms with Gasteiger partial charge in [-0.1, -0.05) is 0 Å². The van der Waals surface area contributed by atoms with Crippen molar-refractivity contribution >= 4 is 11.7 Å². The molecule has 5 nitrogen and oxygen atoms in total. The number of anilines is 1. The van der Waals surface area contributed by atoms with Gasteiger partial charge in [-0.25, -0.2) is 4.79 Å². The lowest BCUT2D eigenvalue weighted by Gasteiger charge is -2.26. The number of hydrogen-bond donors (Lipinski definition) is 3. The highest BCUT2D eigenvalue weighted by Gasteiger charge is 2.19. The van der Waals surface area contributed by atoms with Gasteiger partial charge in [-0.15, -0.1) is 0 Å². The maximum Gasteiger partial charge on any atom is 0.338 e. The Hall–Kier alpha value is -1.59. The van der Waals surface area contributed by atoms with Gasteiger partial charge < -0.3 is 20.9 Å². The second kappa shape index (κ2) is 7.43. The molecule has 0 amide bonds. The van der Waals surface area contributed by atoms with Crippen LogP contribution in [0.2, 0.25) is 0 Å². The lowest BCUT2D eigenvalue weighted by atomic mass is 9.93. The van der Waals surface area contributed by atoms with Gasteiger partial charge in [0.2, 0.25) is 0 Å². The summed E-state index contributed by atoms with van der Waals surface area (Å²) in [6.45, 7) is 2.77. The summed E-state index contributed by atoms with van der Waals surface area (Å²) in [5.41, 5.74) is 8.08. The van der Waals surface area contributed by atoms with Gasteiger partial charge in [0.25, 0.3) is 0 Å². The summed E-state index contributed by atoms with van der Waals surface area (Å²) >= 11 is 0. The minimum Gasteiger partial charge on any atom is -0.462 e. The number of rotatable bonds is 5. The molecule has 1 aliphatic rings. The van der Waals surface area contributed by atoms with Gasteiger partial charge in [0, 0.05) is 18.3 Å². The molecule has 0 heterocycles. The van der Waals surface area contributed by atoms with E-state index in [1.807, 2.05) is 0 Å². The first-order chi connectivity index (χ1) is 10.1.